The van der Waals surface area contributed by atoms with Crippen molar-refractivity contribution < 1.29 is 22.7 Å². The van der Waals surface area contributed by atoms with E-state index in [0.29, 0.717) is 6.54 Å². The lowest BCUT2D eigenvalue weighted by molar-refractivity contribution is -0.274. The molecule has 1 fully saturated rings. The number of rotatable bonds is 5. The van der Waals surface area contributed by atoms with Crippen LogP contribution in [0.4, 0.5) is 13.2 Å². The second-order valence-electron chi connectivity index (χ2n) is 6.43. The molecule has 1 aliphatic heterocycles. The second kappa shape index (κ2) is 9.29. The highest BCUT2D eigenvalue weighted by molar-refractivity contribution is 5.97. The third-order valence-corrected chi connectivity index (χ3v) is 3.96. The van der Waals surface area contributed by atoms with E-state index >= 15 is 0 Å². The summed E-state index contributed by atoms with van der Waals surface area (Å²) in [5, 5.41) is 5.90. The maximum atomic E-state index is 12.6. The highest BCUT2D eigenvalue weighted by Crippen LogP contribution is 2.32. The van der Waals surface area contributed by atoms with Crippen molar-refractivity contribution in [3.63, 3.8) is 0 Å². The van der Waals surface area contributed by atoms with E-state index in [0.717, 1.165) is 31.5 Å². The highest BCUT2D eigenvalue weighted by Gasteiger charge is 2.33. The summed E-state index contributed by atoms with van der Waals surface area (Å²) in [4.78, 5) is 12.3. The minimum absolute atomic E-state index is 0. The van der Waals surface area contributed by atoms with E-state index in [1.165, 1.54) is 12.1 Å². The first kappa shape index (κ1) is 21.6. The Morgan fingerprint density at radius 2 is 1.96 bits per heavy atom. The number of hydrogen-bond acceptors (Lipinski definition) is 3. The Labute approximate surface area is 151 Å². The molecule has 25 heavy (non-hydrogen) atoms. The largest absolute Gasteiger partial charge is 0.573 e. The molecule has 0 radical (unpaired) electrons. The van der Waals surface area contributed by atoms with E-state index in [1.807, 2.05) is 13.8 Å². The van der Waals surface area contributed by atoms with E-state index in [4.69, 9.17) is 0 Å². The predicted molar refractivity (Wildman–Crippen MR) is 92.4 cm³/mol. The summed E-state index contributed by atoms with van der Waals surface area (Å²) >= 11 is 0. The Balaban J connectivity index is 0.00000312. The Morgan fingerprint density at radius 1 is 1.32 bits per heavy atom. The van der Waals surface area contributed by atoms with E-state index in [-0.39, 0.29) is 29.8 Å². The van der Waals surface area contributed by atoms with Gasteiger partial charge in [0, 0.05) is 6.54 Å². The van der Waals surface area contributed by atoms with Crippen molar-refractivity contribution in [3.8, 4) is 5.75 Å². The number of ether oxygens (including phenoxy) is 1. The fourth-order valence-electron chi connectivity index (χ4n) is 2.74. The molecule has 8 heteroatoms. The highest BCUT2D eigenvalue weighted by atomic mass is 35.5. The maximum Gasteiger partial charge on any atom is 0.573 e. The molecule has 1 aliphatic rings. The topological polar surface area (TPSA) is 50.4 Å². The van der Waals surface area contributed by atoms with Crippen molar-refractivity contribution in [2.45, 2.75) is 39.0 Å². The second-order valence-corrected chi connectivity index (χ2v) is 6.43. The van der Waals surface area contributed by atoms with Gasteiger partial charge in [-0.3, -0.25) is 4.79 Å². The van der Waals surface area contributed by atoms with Gasteiger partial charge in [0.25, 0.3) is 5.91 Å². The van der Waals surface area contributed by atoms with Gasteiger partial charge in [0.1, 0.15) is 5.75 Å². The van der Waals surface area contributed by atoms with Gasteiger partial charge in [-0.15, -0.1) is 25.6 Å². The number of piperidine rings is 1. The van der Waals surface area contributed by atoms with E-state index in [1.54, 1.807) is 6.07 Å². The summed E-state index contributed by atoms with van der Waals surface area (Å²) in [6.45, 7) is 5.94. The first-order valence-corrected chi connectivity index (χ1v) is 8.15. The van der Waals surface area contributed by atoms with Crippen molar-refractivity contribution in [1.29, 1.82) is 0 Å². The molecule has 4 nitrogen and oxygen atoms in total. The van der Waals surface area contributed by atoms with Crippen molar-refractivity contribution in [3.05, 3.63) is 29.3 Å². The molecule has 0 unspecified atom stereocenters. The van der Waals surface area contributed by atoms with E-state index in [2.05, 4.69) is 15.4 Å². The molecule has 0 aromatic heterocycles. The molecule has 1 aromatic carbocycles. The normalized spacial score (nSPS) is 15.6. The average Bonchev–Trinajstić information content (AvgIpc) is 2.52. The van der Waals surface area contributed by atoms with Gasteiger partial charge in [0.2, 0.25) is 0 Å². The average molecular weight is 381 g/mol. The van der Waals surface area contributed by atoms with Gasteiger partial charge in [-0.1, -0.05) is 19.9 Å². The van der Waals surface area contributed by atoms with Gasteiger partial charge in [-0.05, 0) is 55.5 Å². The van der Waals surface area contributed by atoms with Gasteiger partial charge < -0.3 is 15.4 Å². The number of carbonyl (C=O) groups is 1. The van der Waals surface area contributed by atoms with Crippen LogP contribution in [0.2, 0.25) is 0 Å². The molecular formula is C17H24ClF3N2O2. The van der Waals surface area contributed by atoms with Crippen LogP contribution in [0.3, 0.4) is 0 Å². The Morgan fingerprint density at radius 3 is 2.52 bits per heavy atom. The third-order valence-electron chi connectivity index (χ3n) is 3.96. The van der Waals surface area contributed by atoms with Crippen LogP contribution < -0.4 is 15.4 Å². The standard InChI is InChI=1S/C17H23F3N2O2.ClH/c1-11(2)10-22-16(23)14-9-13(12-5-7-21-8-6-12)3-4-15(14)24-17(18,19)20;/h3-4,9,11-12,21H,5-8,10H2,1-2H3,(H,22,23);1H. The van der Waals surface area contributed by atoms with Gasteiger partial charge in [-0.25, -0.2) is 0 Å². The van der Waals surface area contributed by atoms with Crippen LogP contribution in [0.1, 0.15) is 48.5 Å². The van der Waals surface area contributed by atoms with Gasteiger partial charge in [0.05, 0.1) is 5.56 Å². The number of nitrogens with one attached hydrogen (secondary N) is 2. The van der Waals surface area contributed by atoms with Gasteiger partial charge >= 0.3 is 6.36 Å². The fraction of sp³-hybridized carbons (Fsp3) is 0.588. The lowest BCUT2D eigenvalue weighted by Crippen LogP contribution is -2.29. The van der Waals surface area contributed by atoms with Crippen molar-refractivity contribution in [1.82, 2.24) is 10.6 Å². The summed E-state index contributed by atoms with van der Waals surface area (Å²) < 4.78 is 41.8. The SMILES string of the molecule is CC(C)CNC(=O)c1cc(C2CCNCC2)ccc1OC(F)(F)F.Cl. The first-order chi connectivity index (χ1) is 11.3. The summed E-state index contributed by atoms with van der Waals surface area (Å²) in [6, 6.07) is 4.40. The van der Waals surface area contributed by atoms with Gasteiger partial charge in [-0.2, -0.15) is 0 Å². The molecule has 0 spiro atoms. The molecule has 0 aliphatic carbocycles. The van der Waals surface area contributed by atoms with E-state index < -0.39 is 18.0 Å². The Hall–Kier alpha value is -1.47. The molecule has 2 N–H and O–H groups in total. The van der Waals surface area contributed by atoms with Crippen LogP contribution in [-0.4, -0.2) is 31.9 Å². The van der Waals surface area contributed by atoms with Gasteiger partial charge in [0.15, 0.2) is 0 Å². The third kappa shape index (κ3) is 6.74. The van der Waals surface area contributed by atoms with Crippen molar-refractivity contribution in [2.75, 3.05) is 19.6 Å². The molecule has 1 aromatic rings. The molecular weight excluding hydrogens is 357 g/mol. The zero-order valence-electron chi connectivity index (χ0n) is 14.3. The summed E-state index contributed by atoms with van der Waals surface area (Å²) in [6.07, 6.45) is -3.04. The molecule has 1 heterocycles. The molecule has 0 atom stereocenters. The molecule has 2 rings (SSSR count). The number of halogens is 4. The van der Waals surface area contributed by atoms with Crippen LogP contribution >= 0.6 is 12.4 Å². The zero-order valence-corrected chi connectivity index (χ0v) is 15.1. The molecule has 0 bridgehead atoms. The predicted octanol–water partition coefficient (Wildman–Crippen LogP) is 3.86. The Bertz CT molecular complexity index is 574. The van der Waals surface area contributed by atoms with Crippen LogP contribution in [-0.2, 0) is 0 Å². The number of carbonyl (C=O) groups excluding carboxylic acids is 1. The summed E-state index contributed by atoms with van der Waals surface area (Å²) in [7, 11) is 0. The lowest BCUT2D eigenvalue weighted by Gasteiger charge is -2.24. The van der Waals surface area contributed by atoms with Crippen molar-refractivity contribution in [2.24, 2.45) is 5.92 Å². The van der Waals surface area contributed by atoms with E-state index in [9.17, 15) is 18.0 Å². The number of hydrogen-bond donors (Lipinski definition) is 2. The molecule has 1 saturated heterocycles. The summed E-state index contributed by atoms with van der Waals surface area (Å²) in [5.74, 6) is -0.559. The smallest absolute Gasteiger partial charge is 0.405 e. The minimum Gasteiger partial charge on any atom is -0.405 e. The Kier molecular flexibility index (Phi) is 8.02. The van der Waals surface area contributed by atoms with Crippen LogP contribution in [0, 0.1) is 5.92 Å². The quantitative estimate of drug-likeness (QED) is 0.815. The molecule has 1 amide bonds. The minimum atomic E-state index is -4.83. The molecule has 142 valence electrons. The number of amides is 1. The van der Waals surface area contributed by atoms with Crippen molar-refractivity contribution >= 4 is 18.3 Å². The maximum absolute atomic E-state index is 12.6. The summed E-state index contributed by atoms with van der Waals surface area (Å²) in [5.41, 5.74) is 0.810. The number of alkyl halides is 3. The fourth-order valence-corrected chi connectivity index (χ4v) is 2.74. The first-order valence-electron chi connectivity index (χ1n) is 8.15. The van der Waals surface area contributed by atoms with Crippen LogP contribution in [0.15, 0.2) is 18.2 Å². The van der Waals surface area contributed by atoms with Crippen LogP contribution in [0.5, 0.6) is 5.75 Å². The van der Waals surface area contributed by atoms with Crippen LogP contribution in [0.25, 0.3) is 0 Å². The zero-order chi connectivity index (χ0) is 17.7. The number of benzene rings is 1. The lowest BCUT2D eigenvalue weighted by atomic mass is 9.89. The monoisotopic (exact) mass is 380 g/mol. The molecule has 0 saturated carbocycles.